The van der Waals surface area contributed by atoms with Gasteiger partial charge in [-0.1, -0.05) is 29.8 Å². The summed E-state index contributed by atoms with van der Waals surface area (Å²) in [6, 6.07) is 11.5. The third-order valence-electron chi connectivity index (χ3n) is 3.83. The van der Waals surface area contributed by atoms with E-state index in [4.69, 9.17) is 5.11 Å². The number of fused-ring (bicyclic) bond motifs is 1. The molecule has 0 aliphatic carbocycles. The van der Waals surface area contributed by atoms with E-state index in [0.29, 0.717) is 28.4 Å². The van der Waals surface area contributed by atoms with Crippen LogP contribution < -0.4 is 0 Å². The monoisotopic (exact) mass is 341 g/mol. The molecular formula is C19H19NO5. The lowest BCUT2D eigenvalue weighted by molar-refractivity contribution is 0.0972. The summed E-state index contributed by atoms with van der Waals surface area (Å²) < 4.78 is 1.53. The van der Waals surface area contributed by atoms with Gasteiger partial charge in [-0.05, 0) is 19.1 Å². The highest BCUT2D eigenvalue weighted by Gasteiger charge is 2.15. The fourth-order valence-corrected chi connectivity index (χ4v) is 2.56. The van der Waals surface area contributed by atoms with Gasteiger partial charge in [0, 0.05) is 24.1 Å². The highest BCUT2D eigenvalue weighted by atomic mass is 16.3. The molecule has 0 amide bonds. The van der Waals surface area contributed by atoms with Crippen LogP contribution in [-0.2, 0) is 6.54 Å². The van der Waals surface area contributed by atoms with Crippen LogP contribution in [0.4, 0.5) is 0 Å². The number of aromatic nitrogens is 1. The van der Waals surface area contributed by atoms with Gasteiger partial charge in [0.25, 0.3) is 0 Å². The van der Waals surface area contributed by atoms with Crippen LogP contribution in [0.15, 0.2) is 42.5 Å². The molecule has 6 nitrogen and oxygen atoms in total. The zero-order valence-corrected chi connectivity index (χ0v) is 13.9. The molecule has 0 bridgehead atoms. The van der Waals surface area contributed by atoms with Crippen LogP contribution in [0.5, 0.6) is 11.5 Å². The molecule has 0 saturated heterocycles. The molecule has 0 unspecified atom stereocenters. The standard InChI is InChI=1S/C18H15NO4.CH4O/c1-11-2-4-12(5-3-11)18(23)9-19-14(10-20)6-13-7-16(21)17(22)8-15(13)19;1-2/h2-8,10,21-22H,9H2,1H3;2H,1H3. The van der Waals surface area contributed by atoms with Crippen LogP contribution in [0, 0.1) is 6.92 Å². The van der Waals surface area contributed by atoms with Gasteiger partial charge in [-0.15, -0.1) is 0 Å². The summed E-state index contributed by atoms with van der Waals surface area (Å²) in [5, 5.41) is 26.8. The van der Waals surface area contributed by atoms with Crippen LogP contribution >= 0.6 is 0 Å². The SMILES string of the molecule is CO.Cc1ccc(C(=O)Cn2c(C=O)cc3cc(O)c(O)cc32)cc1. The molecule has 0 fully saturated rings. The number of aldehydes is 1. The van der Waals surface area contributed by atoms with Gasteiger partial charge in [0.05, 0.1) is 17.8 Å². The van der Waals surface area contributed by atoms with Crippen molar-refractivity contribution < 1.29 is 24.9 Å². The normalized spacial score (nSPS) is 10.2. The molecule has 2 aromatic carbocycles. The Morgan fingerprint density at radius 1 is 1.04 bits per heavy atom. The number of rotatable bonds is 4. The summed E-state index contributed by atoms with van der Waals surface area (Å²) in [7, 11) is 1.00. The zero-order valence-electron chi connectivity index (χ0n) is 13.9. The molecule has 0 radical (unpaired) electrons. The predicted molar refractivity (Wildman–Crippen MR) is 94.3 cm³/mol. The fourth-order valence-electron chi connectivity index (χ4n) is 2.56. The van der Waals surface area contributed by atoms with E-state index in [2.05, 4.69) is 0 Å². The van der Waals surface area contributed by atoms with Gasteiger partial charge in [0.1, 0.15) is 0 Å². The molecule has 25 heavy (non-hydrogen) atoms. The molecular weight excluding hydrogens is 322 g/mol. The molecule has 0 spiro atoms. The predicted octanol–water partition coefficient (Wildman–Crippen LogP) is 2.66. The first-order chi connectivity index (χ1) is 12.0. The third-order valence-corrected chi connectivity index (χ3v) is 3.83. The maximum atomic E-state index is 12.4. The van der Waals surface area contributed by atoms with Gasteiger partial charge in [-0.25, -0.2) is 0 Å². The highest BCUT2D eigenvalue weighted by Crippen LogP contribution is 2.32. The number of carbonyl (C=O) groups is 2. The first kappa shape index (κ1) is 18.2. The molecule has 3 aromatic rings. The van der Waals surface area contributed by atoms with E-state index in [-0.39, 0.29) is 23.8 Å². The molecule has 130 valence electrons. The van der Waals surface area contributed by atoms with Crippen molar-refractivity contribution in [3.63, 3.8) is 0 Å². The molecule has 0 atom stereocenters. The molecule has 0 saturated carbocycles. The Kier molecular flexibility index (Phi) is 5.56. The van der Waals surface area contributed by atoms with Gasteiger partial charge < -0.3 is 19.9 Å². The Labute approximate surface area is 144 Å². The number of aromatic hydroxyl groups is 2. The number of aryl methyl sites for hydroxylation is 1. The second kappa shape index (κ2) is 7.63. The van der Waals surface area contributed by atoms with Crippen molar-refractivity contribution in [1.82, 2.24) is 4.57 Å². The number of Topliss-reactive ketones (excluding diaryl/α,β-unsaturated/α-hetero) is 1. The van der Waals surface area contributed by atoms with E-state index in [0.717, 1.165) is 12.7 Å². The number of phenolic OH excluding ortho intramolecular Hbond substituents is 2. The van der Waals surface area contributed by atoms with E-state index < -0.39 is 0 Å². The lowest BCUT2D eigenvalue weighted by atomic mass is 10.1. The molecule has 3 rings (SSSR count). The Morgan fingerprint density at radius 2 is 1.64 bits per heavy atom. The fraction of sp³-hybridized carbons (Fsp3) is 0.158. The van der Waals surface area contributed by atoms with Crippen LogP contribution in [0.2, 0.25) is 0 Å². The summed E-state index contributed by atoms with van der Waals surface area (Å²) in [5.74, 6) is -0.702. The maximum Gasteiger partial charge on any atom is 0.182 e. The second-order valence-corrected chi connectivity index (χ2v) is 5.46. The number of nitrogens with zero attached hydrogens (tertiary/aromatic N) is 1. The summed E-state index contributed by atoms with van der Waals surface area (Å²) in [6.45, 7) is 1.91. The number of hydrogen-bond donors (Lipinski definition) is 3. The number of ketones is 1. The Bertz CT molecular complexity index is 910. The van der Waals surface area contributed by atoms with Crippen LogP contribution in [0.3, 0.4) is 0 Å². The Hall–Kier alpha value is -3.12. The van der Waals surface area contributed by atoms with Crippen molar-refractivity contribution in [3.05, 3.63) is 59.3 Å². The Balaban J connectivity index is 0.00000109. The molecule has 3 N–H and O–H groups in total. The lowest BCUT2D eigenvalue weighted by Gasteiger charge is -2.08. The third kappa shape index (κ3) is 3.70. The molecule has 0 aliphatic rings. The number of aliphatic hydroxyl groups excluding tert-OH is 1. The average Bonchev–Trinajstić information content (AvgIpc) is 2.94. The van der Waals surface area contributed by atoms with Crippen molar-refractivity contribution in [2.45, 2.75) is 13.5 Å². The van der Waals surface area contributed by atoms with E-state index in [1.807, 2.05) is 19.1 Å². The van der Waals surface area contributed by atoms with Gasteiger partial charge in [0.2, 0.25) is 0 Å². The summed E-state index contributed by atoms with van der Waals surface area (Å²) in [5.41, 5.74) is 2.44. The maximum absolute atomic E-state index is 12.4. The average molecular weight is 341 g/mol. The molecule has 0 aliphatic heterocycles. The zero-order chi connectivity index (χ0) is 18.6. The molecule has 6 heteroatoms. The van der Waals surface area contributed by atoms with E-state index >= 15 is 0 Å². The lowest BCUT2D eigenvalue weighted by Crippen LogP contribution is -2.12. The second-order valence-electron chi connectivity index (χ2n) is 5.46. The number of hydrogen-bond acceptors (Lipinski definition) is 5. The smallest absolute Gasteiger partial charge is 0.182 e. The minimum atomic E-state index is -0.294. The first-order valence-electron chi connectivity index (χ1n) is 7.54. The van der Waals surface area contributed by atoms with E-state index in [1.165, 1.54) is 16.7 Å². The summed E-state index contributed by atoms with van der Waals surface area (Å²) in [4.78, 5) is 23.7. The summed E-state index contributed by atoms with van der Waals surface area (Å²) >= 11 is 0. The minimum absolute atomic E-state index is 0.0230. The van der Waals surface area contributed by atoms with Gasteiger partial charge in [-0.2, -0.15) is 0 Å². The van der Waals surface area contributed by atoms with Crippen LogP contribution in [0.1, 0.15) is 26.4 Å². The van der Waals surface area contributed by atoms with Crippen molar-refractivity contribution in [1.29, 1.82) is 0 Å². The highest BCUT2D eigenvalue weighted by molar-refractivity contribution is 5.98. The quantitative estimate of drug-likeness (QED) is 0.385. The molecule has 1 heterocycles. The van der Waals surface area contributed by atoms with E-state index in [9.17, 15) is 19.8 Å². The van der Waals surface area contributed by atoms with Gasteiger partial charge >= 0.3 is 0 Å². The van der Waals surface area contributed by atoms with E-state index in [1.54, 1.807) is 18.2 Å². The topological polar surface area (TPSA) is 99.8 Å². The van der Waals surface area contributed by atoms with Crippen molar-refractivity contribution in [2.75, 3.05) is 7.11 Å². The van der Waals surface area contributed by atoms with Crippen molar-refractivity contribution in [2.24, 2.45) is 0 Å². The number of phenols is 2. The van der Waals surface area contributed by atoms with Gasteiger partial charge in [0.15, 0.2) is 23.6 Å². The minimum Gasteiger partial charge on any atom is -0.504 e. The van der Waals surface area contributed by atoms with Crippen LogP contribution in [0.25, 0.3) is 10.9 Å². The van der Waals surface area contributed by atoms with Crippen LogP contribution in [-0.4, -0.2) is 39.1 Å². The largest absolute Gasteiger partial charge is 0.504 e. The molecule has 1 aromatic heterocycles. The number of carbonyl (C=O) groups excluding carboxylic acids is 2. The number of aliphatic hydroxyl groups is 1. The van der Waals surface area contributed by atoms with Crippen molar-refractivity contribution >= 4 is 23.0 Å². The van der Waals surface area contributed by atoms with Gasteiger partial charge in [-0.3, -0.25) is 9.59 Å². The summed E-state index contributed by atoms with van der Waals surface area (Å²) in [6.07, 6.45) is 0.649. The van der Waals surface area contributed by atoms with Crippen molar-refractivity contribution in [3.8, 4) is 11.5 Å². The first-order valence-corrected chi connectivity index (χ1v) is 7.54. The Morgan fingerprint density at radius 3 is 2.24 bits per heavy atom. The number of benzene rings is 2.